The number of hydrogen-bond donors (Lipinski definition) is 6. The predicted octanol–water partition coefficient (Wildman–Crippen LogP) is 6.08. The molecule has 1 heterocycles. The second kappa shape index (κ2) is 28.0. The number of ether oxygens (including phenoxy) is 3. The number of carbonyl (C=O) groups excluding carboxylic acids is 5. The largest absolute Gasteiger partial charge is 0.487 e. The SMILES string of the molecule is Cc1c(C)c2c(c(C)c1OC(=O)C(CSC[C@H](N)C(=O)NCC(=O)OC(=O)CC[C@H](N)C(=O)O)C(=O)NCCCC(=O)O)CCC(C)(CCCC(C)CCCC(C)CCCC(C)C)O2. The van der Waals surface area contributed by atoms with Crippen LogP contribution in [0.15, 0.2) is 0 Å². The summed E-state index contributed by atoms with van der Waals surface area (Å²) in [5.74, 6) is -4.93. The number of thioether (sulfide) groups is 1. The van der Waals surface area contributed by atoms with E-state index in [1.807, 2.05) is 20.8 Å². The van der Waals surface area contributed by atoms with Gasteiger partial charge in [0.2, 0.25) is 11.8 Å². The lowest BCUT2D eigenvalue weighted by atomic mass is 9.83. The Hall–Kier alpha value is -4.22. The molecular formula is C47H76N4O12S. The van der Waals surface area contributed by atoms with Crippen LogP contribution in [-0.2, 0) is 44.7 Å². The van der Waals surface area contributed by atoms with Gasteiger partial charge in [-0.1, -0.05) is 72.6 Å². The third kappa shape index (κ3) is 19.9. The van der Waals surface area contributed by atoms with Gasteiger partial charge >= 0.3 is 29.8 Å². The Morgan fingerprint density at radius 1 is 0.750 bits per heavy atom. The predicted molar refractivity (Wildman–Crippen MR) is 246 cm³/mol. The van der Waals surface area contributed by atoms with Crippen molar-refractivity contribution in [3.8, 4) is 11.5 Å². The zero-order chi connectivity index (χ0) is 48.1. The molecule has 0 aromatic heterocycles. The van der Waals surface area contributed by atoms with E-state index in [0.717, 1.165) is 78.1 Å². The van der Waals surface area contributed by atoms with Crippen molar-refractivity contribution in [2.24, 2.45) is 35.1 Å². The van der Waals surface area contributed by atoms with Crippen LogP contribution in [0, 0.1) is 44.4 Å². The second-order valence-electron chi connectivity index (χ2n) is 18.4. The number of amides is 2. The minimum atomic E-state index is -1.35. The zero-order valence-electron chi connectivity index (χ0n) is 39.4. The van der Waals surface area contributed by atoms with E-state index in [1.54, 1.807) is 0 Å². The van der Waals surface area contributed by atoms with Crippen LogP contribution in [-0.4, -0.2) is 94.2 Å². The van der Waals surface area contributed by atoms with E-state index in [9.17, 15) is 33.6 Å². The van der Waals surface area contributed by atoms with Gasteiger partial charge in [0.05, 0.1) is 6.04 Å². The molecule has 1 aliphatic rings. The minimum absolute atomic E-state index is 0.00937. The summed E-state index contributed by atoms with van der Waals surface area (Å²) in [5, 5.41) is 22.7. The first-order valence-electron chi connectivity index (χ1n) is 22.9. The summed E-state index contributed by atoms with van der Waals surface area (Å²) in [6.07, 6.45) is 11.7. The fraction of sp³-hybridized carbons (Fsp3) is 0.723. The highest BCUT2D eigenvalue weighted by atomic mass is 32.2. The Kier molecular flexibility index (Phi) is 24.4. The van der Waals surface area contributed by atoms with Crippen LogP contribution < -0.4 is 31.6 Å². The van der Waals surface area contributed by atoms with Gasteiger partial charge in [0, 0.05) is 36.5 Å². The van der Waals surface area contributed by atoms with Crippen molar-refractivity contribution in [1.29, 1.82) is 0 Å². The van der Waals surface area contributed by atoms with Crippen molar-refractivity contribution in [2.75, 3.05) is 24.6 Å². The standard InChI is InChI=1S/C47H76N4O12S/c1-28(2)13-9-14-29(3)15-10-16-30(4)17-11-22-47(8)23-21-34-33(7)41(31(5)32(6)42(34)63-47)62-46(60)35(43(56)50-24-12-18-38(52)53)26-64-27-37(49)44(57)51-25-40(55)61-39(54)20-19-36(48)45(58)59/h28-30,35-37H,9-27,48-49H2,1-8H3,(H,50,56)(H,51,57)(H,52,53)(H,58,59)/t29?,30?,35?,36-,37-,47?/m0/s1. The maximum absolute atomic E-state index is 13.9. The van der Waals surface area contributed by atoms with Gasteiger partial charge in [0.25, 0.3) is 0 Å². The fourth-order valence-electron chi connectivity index (χ4n) is 7.70. The molecule has 6 atom stereocenters. The molecule has 64 heavy (non-hydrogen) atoms. The van der Waals surface area contributed by atoms with Crippen molar-refractivity contribution in [3.63, 3.8) is 0 Å². The van der Waals surface area contributed by atoms with E-state index in [-0.39, 0.29) is 42.9 Å². The van der Waals surface area contributed by atoms with Crippen LogP contribution in [0.3, 0.4) is 0 Å². The maximum atomic E-state index is 13.9. The van der Waals surface area contributed by atoms with Gasteiger partial charge in [-0.15, -0.1) is 0 Å². The molecule has 1 aliphatic heterocycles. The molecule has 0 aliphatic carbocycles. The first-order valence-corrected chi connectivity index (χ1v) is 24.1. The molecule has 0 fully saturated rings. The molecule has 2 rings (SSSR count). The number of nitrogens with one attached hydrogen (secondary N) is 2. The number of hydrogen-bond acceptors (Lipinski definition) is 13. The molecule has 0 saturated carbocycles. The van der Waals surface area contributed by atoms with Gasteiger partial charge in [-0.3, -0.25) is 28.8 Å². The monoisotopic (exact) mass is 921 g/mol. The molecule has 1 aromatic rings. The smallest absolute Gasteiger partial charge is 0.333 e. The lowest BCUT2D eigenvalue weighted by Crippen LogP contribution is -2.45. The summed E-state index contributed by atoms with van der Waals surface area (Å²) in [6, 6.07) is -2.50. The maximum Gasteiger partial charge on any atom is 0.333 e. The quantitative estimate of drug-likeness (QED) is 0.0221. The van der Waals surface area contributed by atoms with Gasteiger partial charge in [-0.25, -0.2) is 4.79 Å². The van der Waals surface area contributed by atoms with Gasteiger partial charge in [0.1, 0.15) is 35.6 Å². The van der Waals surface area contributed by atoms with Crippen molar-refractivity contribution >= 4 is 53.4 Å². The first-order chi connectivity index (χ1) is 30.0. The average Bonchev–Trinajstić information content (AvgIpc) is 3.22. The Morgan fingerprint density at radius 3 is 1.98 bits per heavy atom. The molecule has 0 saturated heterocycles. The molecule has 0 spiro atoms. The molecule has 362 valence electrons. The van der Waals surface area contributed by atoms with Gasteiger partial charge < -0.3 is 46.5 Å². The highest BCUT2D eigenvalue weighted by Gasteiger charge is 2.36. The Labute approximate surface area is 383 Å². The number of carbonyl (C=O) groups is 7. The molecular weight excluding hydrogens is 845 g/mol. The summed E-state index contributed by atoms with van der Waals surface area (Å²) >= 11 is 1.02. The average molecular weight is 921 g/mol. The first kappa shape index (κ1) is 55.9. The summed E-state index contributed by atoms with van der Waals surface area (Å²) in [7, 11) is 0. The molecule has 1 aromatic carbocycles. The number of aliphatic carboxylic acids is 2. The number of rotatable bonds is 30. The number of carboxylic acid groups (broad SMARTS) is 2. The number of benzene rings is 1. The Morgan fingerprint density at radius 2 is 1.38 bits per heavy atom. The van der Waals surface area contributed by atoms with Crippen LogP contribution in [0.2, 0.25) is 0 Å². The molecule has 0 bridgehead atoms. The lowest BCUT2D eigenvalue weighted by Gasteiger charge is -2.38. The van der Waals surface area contributed by atoms with Crippen molar-refractivity contribution in [1.82, 2.24) is 10.6 Å². The molecule has 17 heteroatoms. The van der Waals surface area contributed by atoms with Crippen LogP contribution in [0.1, 0.15) is 147 Å². The highest BCUT2D eigenvalue weighted by Crippen LogP contribution is 2.45. The Balaban J connectivity index is 2.04. The van der Waals surface area contributed by atoms with Gasteiger partial charge in [0.15, 0.2) is 0 Å². The van der Waals surface area contributed by atoms with Gasteiger partial charge in [-0.05, 0) is 101 Å². The van der Waals surface area contributed by atoms with Crippen molar-refractivity contribution in [2.45, 2.75) is 169 Å². The number of fused-ring (bicyclic) bond motifs is 1. The minimum Gasteiger partial charge on any atom is -0.487 e. The van der Waals surface area contributed by atoms with E-state index >= 15 is 0 Å². The van der Waals surface area contributed by atoms with Crippen LogP contribution in [0.4, 0.5) is 0 Å². The molecule has 2 amide bonds. The number of carboxylic acids is 2. The van der Waals surface area contributed by atoms with Crippen molar-refractivity contribution < 1.29 is 58.0 Å². The number of esters is 3. The summed E-state index contributed by atoms with van der Waals surface area (Å²) < 4.78 is 17.4. The highest BCUT2D eigenvalue weighted by molar-refractivity contribution is 7.99. The fourth-order valence-corrected chi connectivity index (χ4v) is 8.76. The van der Waals surface area contributed by atoms with E-state index in [4.69, 9.17) is 31.2 Å². The zero-order valence-corrected chi connectivity index (χ0v) is 40.3. The lowest BCUT2D eigenvalue weighted by molar-refractivity contribution is -0.159. The van der Waals surface area contributed by atoms with Crippen LogP contribution in [0.5, 0.6) is 11.5 Å². The van der Waals surface area contributed by atoms with E-state index in [0.29, 0.717) is 17.2 Å². The molecule has 0 radical (unpaired) electrons. The van der Waals surface area contributed by atoms with Crippen molar-refractivity contribution in [3.05, 3.63) is 22.3 Å². The third-order valence-electron chi connectivity index (χ3n) is 12.0. The molecule has 8 N–H and O–H groups in total. The molecule has 16 nitrogen and oxygen atoms in total. The normalized spacial score (nSPS) is 16.9. The molecule has 4 unspecified atom stereocenters. The topological polar surface area (TPSA) is 264 Å². The second-order valence-corrected chi connectivity index (χ2v) is 19.5. The number of nitrogens with two attached hydrogens (primary N) is 2. The van der Waals surface area contributed by atoms with E-state index in [2.05, 4.69) is 50.0 Å². The summed E-state index contributed by atoms with van der Waals surface area (Å²) in [6.45, 7) is 16.5. The third-order valence-corrected chi connectivity index (χ3v) is 13.2. The Bertz CT molecular complexity index is 1760. The van der Waals surface area contributed by atoms with Crippen LogP contribution >= 0.6 is 11.8 Å². The van der Waals surface area contributed by atoms with E-state index in [1.165, 1.54) is 38.5 Å². The van der Waals surface area contributed by atoms with Crippen LogP contribution in [0.25, 0.3) is 0 Å². The summed E-state index contributed by atoms with van der Waals surface area (Å²) in [4.78, 5) is 85.6. The van der Waals surface area contributed by atoms with E-state index < -0.39 is 72.6 Å². The van der Waals surface area contributed by atoms with Gasteiger partial charge in [-0.2, -0.15) is 11.8 Å². The summed E-state index contributed by atoms with van der Waals surface area (Å²) in [5.41, 5.74) is 14.3.